The van der Waals surface area contributed by atoms with Crippen LogP contribution in [0.25, 0.3) is 11.0 Å². The van der Waals surface area contributed by atoms with Crippen molar-refractivity contribution in [2.75, 3.05) is 13.1 Å². The molecule has 0 spiro atoms. The Bertz CT molecular complexity index is 647. The number of amides is 1. The number of nitrogens with zero attached hydrogens (tertiary/aromatic N) is 3. The number of rotatable bonds is 3. The normalized spacial score (nSPS) is 18.0. The van der Waals surface area contributed by atoms with Crippen molar-refractivity contribution < 1.29 is 4.79 Å². The van der Waals surface area contributed by atoms with Gasteiger partial charge < -0.3 is 10.6 Å². The van der Waals surface area contributed by atoms with E-state index in [0.29, 0.717) is 12.1 Å². The molecular weight excluding hydrogens is 300 g/mol. The Kier molecular flexibility index (Phi) is 5.69. The van der Waals surface area contributed by atoms with E-state index in [1.54, 1.807) is 12.4 Å². The van der Waals surface area contributed by atoms with Gasteiger partial charge >= 0.3 is 0 Å². The summed E-state index contributed by atoms with van der Waals surface area (Å²) in [5.74, 6) is 0.0840. The Labute approximate surface area is 136 Å². The maximum atomic E-state index is 12.8. The smallest absolute Gasteiger partial charge is 0.254 e. The predicted molar refractivity (Wildman–Crippen MR) is 89.1 cm³/mol. The number of fused-ring (bicyclic) bond motifs is 1. The average Bonchev–Trinajstić information content (AvgIpc) is 2.54. The highest BCUT2D eigenvalue weighted by atomic mass is 35.5. The lowest BCUT2D eigenvalue weighted by Gasteiger charge is -2.35. The lowest BCUT2D eigenvalue weighted by atomic mass is 9.98. The molecule has 0 radical (unpaired) electrons. The fourth-order valence-electron chi connectivity index (χ4n) is 3.02. The molecule has 5 nitrogen and oxygen atoms in total. The molecule has 1 atom stereocenters. The molecule has 6 heteroatoms. The van der Waals surface area contributed by atoms with Gasteiger partial charge in [0.2, 0.25) is 0 Å². The number of carbonyl (C=O) groups excluding carboxylic acids is 1. The van der Waals surface area contributed by atoms with Crippen LogP contribution in [0.5, 0.6) is 0 Å². The van der Waals surface area contributed by atoms with E-state index in [1.165, 1.54) is 6.42 Å². The number of nitrogens with two attached hydrogens (primary N) is 1. The van der Waals surface area contributed by atoms with E-state index in [1.807, 2.05) is 23.1 Å². The highest BCUT2D eigenvalue weighted by Gasteiger charge is 2.26. The van der Waals surface area contributed by atoms with Crippen molar-refractivity contribution in [2.24, 2.45) is 5.73 Å². The van der Waals surface area contributed by atoms with E-state index < -0.39 is 0 Å². The van der Waals surface area contributed by atoms with E-state index in [9.17, 15) is 4.79 Å². The molecule has 118 valence electrons. The summed E-state index contributed by atoms with van der Waals surface area (Å²) in [5.41, 5.74) is 7.94. The first-order chi connectivity index (χ1) is 10.3. The zero-order chi connectivity index (χ0) is 14.7. The van der Waals surface area contributed by atoms with Crippen LogP contribution >= 0.6 is 12.4 Å². The number of aromatic nitrogens is 2. The molecule has 0 aliphatic carbocycles. The molecule has 22 heavy (non-hydrogen) atoms. The Morgan fingerprint density at radius 3 is 2.77 bits per heavy atom. The minimum Gasteiger partial charge on any atom is -0.336 e. The highest BCUT2D eigenvalue weighted by Crippen LogP contribution is 2.22. The van der Waals surface area contributed by atoms with Crippen LogP contribution in [0.15, 0.2) is 30.6 Å². The summed E-state index contributed by atoms with van der Waals surface area (Å²) in [6.07, 6.45) is 7.48. The van der Waals surface area contributed by atoms with Gasteiger partial charge in [-0.25, -0.2) is 0 Å². The van der Waals surface area contributed by atoms with Gasteiger partial charge in [0, 0.05) is 30.5 Å². The van der Waals surface area contributed by atoms with Crippen molar-refractivity contribution >= 4 is 29.3 Å². The summed E-state index contributed by atoms with van der Waals surface area (Å²) >= 11 is 0. The van der Waals surface area contributed by atoms with Crippen molar-refractivity contribution in [2.45, 2.75) is 31.7 Å². The SMILES string of the molecule is Cl.NCCC1CCCCN1C(=O)c1ccc2nccnc2c1. The highest BCUT2D eigenvalue weighted by molar-refractivity contribution is 5.97. The number of hydrogen-bond acceptors (Lipinski definition) is 4. The molecule has 0 saturated carbocycles. The second kappa shape index (κ2) is 7.51. The van der Waals surface area contributed by atoms with E-state index in [0.717, 1.165) is 36.8 Å². The molecule has 1 unspecified atom stereocenters. The van der Waals surface area contributed by atoms with Gasteiger partial charge in [0.15, 0.2) is 0 Å². The molecular formula is C16H21ClN4O. The molecule has 1 aliphatic rings. The van der Waals surface area contributed by atoms with Gasteiger partial charge in [-0.05, 0) is 50.4 Å². The Morgan fingerprint density at radius 2 is 2.00 bits per heavy atom. The van der Waals surface area contributed by atoms with E-state index in [-0.39, 0.29) is 24.4 Å². The van der Waals surface area contributed by atoms with Crippen LogP contribution in [0.1, 0.15) is 36.0 Å². The molecule has 1 aliphatic heterocycles. The topological polar surface area (TPSA) is 72.1 Å². The molecule has 1 aromatic carbocycles. The van der Waals surface area contributed by atoms with E-state index >= 15 is 0 Å². The average molecular weight is 321 g/mol. The second-order valence-corrected chi connectivity index (χ2v) is 5.49. The molecule has 2 N–H and O–H groups in total. The summed E-state index contributed by atoms with van der Waals surface area (Å²) in [4.78, 5) is 23.3. The van der Waals surface area contributed by atoms with Crippen molar-refractivity contribution in [3.63, 3.8) is 0 Å². The lowest BCUT2D eigenvalue weighted by molar-refractivity contribution is 0.0605. The maximum Gasteiger partial charge on any atom is 0.254 e. The van der Waals surface area contributed by atoms with Crippen molar-refractivity contribution in [1.29, 1.82) is 0 Å². The zero-order valence-corrected chi connectivity index (χ0v) is 13.3. The minimum absolute atomic E-state index is 0. The van der Waals surface area contributed by atoms with Gasteiger partial charge in [-0.3, -0.25) is 14.8 Å². The predicted octanol–water partition coefficient (Wildman–Crippen LogP) is 2.40. The van der Waals surface area contributed by atoms with Crippen LogP contribution in [-0.4, -0.2) is 39.9 Å². The summed E-state index contributed by atoms with van der Waals surface area (Å²) in [6.45, 7) is 1.44. The molecule has 2 heterocycles. The number of likely N-dealkylation sites (tertiary alicyclic amines) is 1. The molecule has 0 bridgehead atoms. The van der Waals surface area contributed by atoms with Crippen LogP contribution in [0.2, 0.25) is 0 Å². The lowest BCUT2D eigenvalue weighted by Crippen LogP contribution is -2.44. The van der Waals surface area contributed by atoms with Gasteiger partial charge in [0.1, 0.15) is 0 Å². The third kappa shape index (κ3) is 3.36. The first kappa shape index (κ1) is 16.6. The van der Waals surface area contributed by atoms with Gasteiger partial charge in [0.05, 0.1) is 11.0 Å². The maximum absolute atomic E-state index is 12.8. The number of piperidine rings is 1. The monoisotopic (exact) mass is 320 g/mol. The van der Waals surface area contributed by atoms with Crippen LogP contribution in [0, 0.1) is 0 Å². The Balaban J connectivity index is 0.00000176. The molecule has 1 saturated heterocycles. The summed E-state index contributed by atoms with van der Waals surface area (Å²) in [5, 5.41) is 0. The first-order valence-corrected chi connectivity index (χ1v) is 7.51. The zero-order valence-electron chi connectivity index (χ0n) is 12.4. The number of hydrogen-bond donors (Lipinski definition) is 1. The second-order valence-electron chi connectivity index (χ2n) is 5.49. The van der Waals surface area contributed by atoms with Crippen molar-refractivity contribution in [3.05, 3.63) is 36.2 Å². The van der Waals surface area contributed by atoms with E-state index in [4.69, 9.17) is 5.73 Å². The quantitative estimate of drug-likeness (QED) is 0.942. The van der Waals surface area contributed by atoms with Crippen molar-refractivity contribution in [3.8, 4) is 0 Å². The van der Waals surface area contributed by atoms with Gasteiger partial charge in [-0.1, -0.05) is 0 Å². The summed E-state index contributed by atoms with van der Waals surface area (Å²) in [6, 6.07) is 5.80. The van der Waals surface area contributed by atoms with E-state index in [2.05, 4.69) is 9.97 Å². The fraction of sp³-hybridized carbons (Fsp3) is 0.438. The summed E-state index contributed by atoms with van der Waals surface area (Å²) in [7, 11) is 0. The number of benzene rings is 1. The number of carbonyl (C=O) groups is 1. The molecule has 1 aromatic heterocycles. The largest absolute Gasteiger partial charge is 0.336 e. The molecule has 1 amide bonds. The third-order valence-electron chi connectivity index (χ3n) is 4.10. The number of halogens is 1. The first-order valence-electron chi connectivity index (χ1n) is 7.51. The van der Waals surface area contributed by atoms with Crippen LogP contribution in [0.3, 0.4) is 0 Å². The molecule has 2 aromatic rings. The minimum atomic E-state index is 0. The molecule has 3 rings (SSSR count). The van der Waals surface area contributed by atoms with Gasteiger partial charge in [-0.15, -0.1) is 12.4 Å². The van der Waals surface area contributed by atoms with Crippen LogP contribution in [-0.2, 0) is 0 Å². The Hall–Kier alpha value is -1.72. The van der Waals surface area contributed by atoms with Crippen molar-refractivity contribution in [1.82, 2.24) is 14.9 Å². The third-order valence-corrected chi connectivity index (χ3v) is 4.10. The van der Waals surface area contributed by atoms with Gasteiger partial charge in [-0.2, -0.15) is 0 Å². The van der Waals surface area contributed by atoms with Crippen LogP contribution in [0.4, 0.5) is 0 Å². The van der Waals surface area contributed by atoms with Gasteiger partial charge in [0.25, 0.3) is 5.91 Å². The Morgan fingerprint density at radius 1 is 1.23 bits per heavy atom. The van der Waals surface area contributed by atoms with Crippen LogP contribution < -0.4 is 5.73 Å². The summed E-state index contributed by atoms with van der Waals surface area (Å²) < 4.78 is 0. The standard InChI is InChI=1S/C16H20N4O.ClH/c17-7-6-13-3-1-2-10-20(13)16(21)12-4-5-14-15(11-12)19-9-8-18-14;/h4-5,8-9,11,13H,1-3,6-7,10,17H2;1H. The molecule has 1 fully saturated rings. The fourth-order valence-corrected chi connectivity index (χ4v) is 3.02.